The van der Waals surface area contributed by atoms with E-state index in [0.29, 0.717) is 0 Å². The van der Waals surface area contributed by atoms with Crippen molar-refractivity contribution in [3.8, 4) is 0 Å². The Bertz CT molecular complexity index is 587. The van der Waals surface area contributed by atoms with Gasteiger partial charge in [-0.15, -0.1) is 0 Å². The average Bonchev–Trinajstić information content (AvgIpc) is 2.65. The van der Waals surface area contributed by atoms with Crippen molar-refractivity contribution in [1.82, 2.24) is 14.7 Å². The van der Waals surface area contributed by atoms with Crippen LogP contribution in [0.15, 0.2) is 0 Å². The van der Waals surface area contributed by atoms with E-state index in [1.807, 2.05) is 0 Å². The average molecular weight is 507 g/mol. The third kappa shape index (κ3) is 10.9. The zero-order valence-corrected chi connectivity index (χ0v) is 16.6. The van der Waals surface area contributed by atoms with Crippen LogP contribution >= 0.6 is 0 Å². The maximum absolute atomic E-state index is 12.2. The predicted molar refractivity (Wildman–Crippen MR) is 85.8 cm³/mol. The van der Waals surface area contributed by atoms with E-state index in [0.717, 1.165) is 0 Å². The molecule has 0 radical (unpaired) electrons. The van der Waals surface area contributed by atoms with Crippen LogP contribution in [0.1, 0.15) is 0 Å². The summed E-state index contributed by atoms with van der Waals surface area (Å²) in [5.74, 6) is -7.32. The van der Waals surface area contributed by atoms with E-state index in [1.165, 1.54) is 14.7 Å². The first-order chi connectivity index (χ1) is 15.0. The molecule has 0 N–H and O–H groups in total. The predicted octanol–water partition coefficient (Wildman–Crippen LogP) is 1.09. The summed E-state index contributed by atoms with van der Waals surface area (Å²) in [5.41, 5.74) is 0. The normalized spacial score (nSPS) is 17.0. The second-order valence-corrected chi connectivity index (χ2v) is 6.51. The first-order valence-corrected chi connectivity index (χ1v) is 8.89. The van der Waals surface area contributed by atoms with Crippen LogP contribution in [0.25, 0.3) is 0 Å². The molecule has 0 saturated carbocycles. The standard InChI is InChI=1S/C15H18F9N3O6/c16-13(17,18)10(28)31-4-1-25-7-26(2-5-32-11(29)14(19,20)21)9-27(8-25)3-6-33-12(30)15(22,23)24/h1-9H2. The molecule has 0 spiro atoms. The quantitative estimate of drug-likeness (QED) is 0.259. The van der Waals surface area contributed by atoms with E-state index >= 15 is 0 Å². The largest absolute Gasteiger partial charge is 0.490 e. The van der Waals surface area contributed by atoms with Gasteiger partial charge in [-0.25, -0.2) is 14.4 Å². The summed E-state index contributed by atoms with van der Waals surface area (Å²) >= 11 is 0. The highest BCUT2D eigenvalue weighted by atomic mass is 19.4. The van der Waals surface area contributed by atoms with E-state index in [-0.39, 0.29) is 39.6 Å². The van der Waals surface area contributed by atoms with Crippen molar-refractivity contribution in [2.24, 2.45) is 0 Å². The Morgan fingerprint density at radius 3 is 0.909 bits per heavy atom. The molecule has 0 unspecified atom stereocenters. The summed E-state index contributed by atoms with van der Waals surface area (Å²) in [4.78, 5) is 36.3. The Labute approximate surface area is 179 Å². The molecule has 1 aliphatic rings. The molecule has 1 rings (SSSR count). The first-order valence-electron chi connectivity index (χ1n) is 8.89. The molecule has 1 aliphatic heterocycles. The molecule has 0 aliphatic carbocycles. The number of nitrogens with zero attached hydrogens (tertiary/aromatic N) is 3. The highest BCUT2D eigenvalue weighted by Gasteiger charge is 2.42. The minimum Gasteiger partial charge on any atom is -0.458 e. The van der Waals surface area contributed by atoms with Gasteiger partial charge in [0.05, 0.1) is 20.0 Å². The number of carbonyl (C=O) groups is 3. The lowest BCUT2D eigenvalue weighted by Gasteiger charge is -2.42. The molecule has 33 heavy (non-hydrogen) atoms. The van der Waals surface area contributed by atoms with E-state index in [4.69, 9.17) is 0 Å². The Kier molecular flexibility index (Phi) is 10.2. The molecule has 1 saturated heterocycles. The van der Waals surface area contributed by atoms with E-state index in [1.54, 1.807) is 0 Å². The van der Waals surface area contributed by atoms with Gasteiger partial charge in [0.1, 0.15) is 19.8 Å². The molecular weight excluding hydrogens is 489 g/mol. The zero-order valence-electron chi connectivity index (χ0n) is 16.6. The van der Waals surface area contributed by atoms with Crippen molar-refractivity contribution in [2.75, 3.05) is 59.5 Å². The van der Waals surface area contributed by atoms with Gasteiger partial charge >= 0.3 is 36.4 Å². The van der Waals surface area contributed by atoms with Crippen molar-refractivity contribution in [1.29, 1.82) is 0 Å². The number of rotatable bonds is 9. The Hall–Kier alpha value is -2.34. The number of carbonyl (C=O) groups excluding carboxylic acids is 3. The molecule has 0 aromatic heterocycles. The van der Waals surface area contributed by atoms with Crippen molar-refractivity contribution in [2.45, 2.75) is 18.5 Å². The van der Waals surface area contributed by atoms with Gasteiger partial charge in [0.15, 0.2) is 0 Å². The molecule has 0 aromatic carbocycles. The van der Waals surface area contributed by atoms with Crippen LogP contribution in [0.5, 0.6) is 0 Å². The number of halogens is 9. The lowest BCUT2D eigenvalue weighted by Crippen LogP contribution is -2.56. The first kappa shape index (κ1) is 28.7. The molecular formula is C15H18F9N3O6. The number of esters is 3. The summed E-state index contributed by atoms with van der Waals surface area (Å²) in [5, 5.41) is 0. The van der Waals surface area contributed by atoms with E-state index < -0.39 is 56.3 Å². The smallest absolute Gasteiger partial charge is 0.458 e. The van der Waals surface area contributed by atoms with Gasteiger partial charge in [0.2, 0.25) is 0 Å². The molecule has 192 valence electrons. The Balaban J connectivity index is 2.63. The van der Waals surface area contributed by atoms with Gasteiger partial charge in [-0.05, 0) is 0 Å². The van der Waals surface area contributed by atoms with Crippen LogP contribution in [-0.4, -0.2) is 111 Å². The third-order valence-corrected chi connectivity index (χ3v) is 3.82. The summed E-state index contributed by atoms with van der Waals surface area (Å²) in [7, 11) is 0. The molecule has 1 fully saturated rings. The molecule has 1 heterocycles. The number of hydrogen-bond acceptors (Lipinski definition) is 9. The van der Waals surface area contributed by atoms with Gasteiger partial charge in [-0.3, -0.25) is 14.7 Å². The van der Waals surface area contributed by atoms with Crippen LogP contribution < -0.4 is 0 Å². The maximum atomic E-state index is 12.2. The lowest BCUT2D eigenvalue weighted by molar-refractivity contribution is -0.201. The second-order valence-electron chi connectivity index (χ2n) is 6.51. The number of alkyl halides is 9. The third-order valence-electron chi connectivity index (χ3n) is 3.82. The minimum atomic E-state index is -5.22. The van der Waals surface area contributed by atoms with Gasteiger partial charge in [0.25, 0.3) is 0 Å². The van der Waals surface area contributed by atoms with Crippen molar-refractivity contribution in [3.63, 3.8) is 0 Å². The zero-order chi connectivity index (χ0) is 25.4. The topological polar surface area (TPSA) is 88.6 Å². The molecule has 0 aromatic rings. The highest BCUT2D eigenvalue weighted by molar-refractivity contribution is 5.76. The fourth-order valence-electron chi connectivity index (χ4n) is 2.45. The number of hydrogen-bond donors (Lipinski definition) is 0. The minimum absolute atomic E-state index is 0.0774. The second kappa shape index (κ2) is 11.7. The van der Waals surface area contributed by atoms with Crippen LogP contribution in [0.4, 0.5) is 39.5 Å². The highest BCUT2D eigenvalue weighted by Crippen LogP contribution is 2.18. The molecule has 0 bridgehead atoms. The van der Waals surface area contributed by atoms with Crippen molar-refractivity contribution in [3.05, 3.63) is 0 Å². The van der Waals surface area contributed by atoms with Gasteiger partial charge < -0.3 is 14.2 Å². The van der Waals surface area contributed by atoms with Gasteiger partial charge in [-0.2, -0.15) is 39.5 Å². The molecule has 18 heteroatoms. The van der Waals surface area contributed by atoms with E-state index in [9.17, 15) is 53.9 Å². The van der Waals surface area contributed by atoms with Crippen molar-refractivity contribution < 1.29 is 68.1 Å². The summed E-state index contributed by atoms with van der Waals surface area (Å²) in [6, 6.07) is 0. The fourth-order valence-corrected chi connectivity index (χ4v) is 2.45. The SMILES string of the molecule is O=C(OCCN1CN(CCOC(=O)C(F)(F)F)CN(CCOC(=O)C(F)(F)F)C1)C(F)(F)F. The maximum Gasteiger partial charge on any atom is 0.490 e. The summed E-state index contributed by atoms with van der Waals surface area (Å²) < 4.78 is 122. The fraction of sp³-hybridized carbons (Fsp3) is 0.800. The summed E-state index contributed by atoms with van der Waals surface area (Å²) in [6.07, 6.45) is -15.7. The van der Waals surface area contributed by atoms with Crippen molar-refractivity contribution >= 4 is 17.9 Å². The molecule has 0 amide bonds. The van der Waals surface area contributed by atoms with Crippen LogP contribution in [0, 0.1) is 0 Å². The van der Waals surface area contributed by atoms with Crippen LogP contribution in [0.2, 0.25) is 0 Å². The molecule has 9 nitrogen and oxygen atoms in total. The lowest BCUT2D eigenvalue weighted by atomic mass is 10.4. The van der Waals surface area contributed by atoms with Crippen LogP contribution in [0.3, 0.4) is 0 Å². The Morgan fingerprint density at radius 1 is 0.515 bits per heavy atom. The van der Waals surface area contributed by atoms with Crippen LogP contribution in [-0.2, 0) is 28.6 Å². The van der Waals surface area contributed by atoms with Gasteiger partial charge in [0, 0.05) is 19.6 Å². The monoisotopic (exact) mass is 507 g/mol. The van der Waals surface area contributed by atoms with Gasteiger partial charge in [-0.1, -0.05) is 0 Å². The molecule has 0 atom stereocenters. The summed E-state index contributed by atoms with van der Waals surface area (Å²) in [6.45, 7) is -3.22. The Morgan fingerprint density at radius 2 is 0.727 bits per heavy atom. The van der Waals surface area contributed by atoms with E-state index in [2.05, 4.69) is 14.2 Å². The number of ether oxygens (including phenoxy) is 3.